The molecule has 0 amide bonds. The molecule has 19 heavy (non-hydrogen) atoms. The highest BCUT2D eigenvalue weighted by molar-refractivity contribution is 7.12. The van der Waals surface area contributed by atoms with Crippen molar-refractivity contribution in [3.63, 3.8) is 0 Å². The van der Waals surface area contributed by atoms with Crippen LogP contribution in [0, 0.1) is 0 Å². The maximum absolute atomic E-state index is 12.1. The van der Waals surface area contributed by atoms with Gasteiger partial charge in [0.05, 0.1) is 11.2 Å². The van der Waals surface area contributed by atoms with Gasteiger partial charge in [0.1, 0.15) is 0 Å². The first-order valence-electron chi connectivity index (χ1n) is 5.97. The monoisotopic (exact) mass is 268 g/mol. The van der Waals surface area contributed by atoms with E-state index < -0.39 is 0 Å². The standard InChI is InChI=1S/C15H12N2OS/c18-14(15-5-2-8-19-15)10-12-3-1-4-13(9-12)17-7-6-16-11-17/h1-9,11H,10H2. The maximum atomic E-state index is 12.1. The predicted molar refractivity (Wildman–Crippen MR) is 75.9 cm³/mol. The van der Waals surface area contributed by atoms with Crippen LogP contribution in [0.25, 0.3) is 5.69 Å². The number of hydrogen-bond acceptors (Lipinski definition) is 3. The second-order valence-electron chi connectivity index (χ2n) is 4.22. The summed E-state index contributed by atoms with van der Waals surface area (Å²) in [7, 11) is 0. The van der Waals surface area contributed by atoms with E-state index in [1.165, 1.54) is 11.3 Å². The van der Waals surface area contributed by atoms with E-state index in [4.69, 9.17) is 0 Å². The second-order valence-corrected chi connectivity index (χ2v) is 5.16. The minimum atomic E-state index is 0.165. The summed E-state index contributed by atoms with van der Waals surface area (Å²) >= 11 is 1.49. The minimum absolute atomic E-state index is 0.165. The molecule has 0 saturated carbocycles. The number of benzene rings is 1. The molecule has 3 rings (SSSR count). The summed E-state index contributed by atoms with van der Waals surface area (Å²) in [6, 6.07) is 11.7. The van der Waals surface area contributed by atoms with Crippen LogP contribution in [0.15, 0.2) is 60.5 Å². The van der Waals surface area contributed by atoms with Gasteiger partial charge in [0.2, 0.25) is 0 Å². The molecule has 0 atom stereocenters. The maximum Gasteiger partial charge on any atom is 0.177 e. The molecule has 2 heterocycles. The van der Waals surface area contributed by atoms with Gasteiger partial charge in [-0.1, -0.05) is 18.2 Å². The molecule has 3 nitrogen and oxygen atoms in total. The van der Waals surface area contributed by atoms with Crippen molar-refractivity contribution in [2.24, 2.45) is 0 Å². The first-order valence-corrected chi connectivity index (χ1v) is 6.85. The molecule has 0 aliphatic rings. The Bertz CT molecular complexity index is 672. The normalized spacial score (nSPS) is 10.5. The van der Waals surface area contributed by atoms with E-state index in [1.54, 1.807) is 12.5 Å². The van der Waals surface area contributed by atoms with Crippen LogP contribution in [0.3, 0.4) is 0 Å². The molecule has 4 heteroatoms. The zero-order valence-electron chi connectivity index (χ0n) is 10.2. The van der Waals surface area contributed by atoms with Crippen LogP contribution < -0.4 is 0 Å². The lowest BCUT2D eigenvalue weighted by atomic mass is 10.1. The number of hydrogen-bond donors (Lipinski definition) is 0. The number of rotatable bonds is 4. The molecule has 0 spiro atoms. The van der Waals surface area contributed by atoms with Crippen LogP contribution in [0.5, 0.6) is 0 Å². The Morgan fingerprint density at radius 1 is 1.26 bits per heavy atom. The van der Waals surface area contributed by atoms with Gasteiger partial charge < -0.3 is 4.57 Å². The van der Waals surface area contributed by atoms with Crippen LogP contribution in [0.2, 0.25) is 0 Å². The fourth-order valence-electron chi connectivity index (χ4n) is 1.95. The topological polar surface area (TPSA) is 34.9 Å². The van der Waals surface area contributed by atoms with Crippen LogP contribution in [0.4, 0.5) is 0 Å². The van der Waals surface area contributed by atoms with Gasteiger partial charge >= 0.3 is 0 Å². The summed E-state index contributed by atoms with van der Waals surface area (Å²) in [5, 5.41) is 1.93. The van der Waals surface area contributed by atoms with E-state index in [2.05, 4.69) is 4.98 Å². The summed E-state index contributed by atoms with van der Waals surface area (Å²) in [6.07, 6.45) is 5.81. The number of nitrogens with zero attached hydrogens (tertiary/aromatic N) is 2. The average Bonchev–Trinajstić information content (AvgIpc) is 3.13. The predicted octanol–water partition coefficient (Wildman–Crippen LogP) is 3.36. The minimum Gasteiger partial charge on any atom is -0.306 e. The van der Waals surface area contributed by atoms with Crippen molar-refractivity contribution in [3.8, 4) is 5.69 Å². The third-order valence-electron chi connectivity index (χ3n) is 2.87. The molecule has 1 aromatic carbocycles. The Kier molecular flexibility index (Phi) is 3.25. The van der Waals surface area contributed by atoms with Gasteiger partial charge in [-0.05, 0) is 29.1 Å². The van der Waals surface area contributed by atoms with Crippen molar-refractivity contribution in [3.05, 3.63) is 70.9 Å². The zero-order chi connectivity index (χ0) is 13.1. The van der Waals surface area contributed by atoms with Crippen molar-refractivity contribution >= 4 is 17.1 Å². The first kappa shape index (κ1) is 11.9. The van der Waals surface area contributed by atoms with Crippen LogP contribution in [-0.4, -0.2) is 15.3 Å². The van der Waals surface area contributed by atoms with Crippen molar-refractivity contribution in [2.75, 3.05) is 0 Å². The third-order valence-corrected chi connectivity index (χ3v) is 3.78. The second kappa shape index (κ2) is 5.20. The number of ketones is 1. The molecule has 0 bridgehead atoms. The van der Waals surface area contributed by atoms with E-state index in [-0.39, 0.29) is 5.78 Å². The highest BCUT2D eigenvalue weighted by Crippen LogP contribution is 2.15. The van der Waals surface area contributed by atoms with Gasteiger partial charge in [-0.15, -0.1) is 11.3 Å². The molecule has 94 valence electrons. The molecular weight excluding hydrogens is 256 g/mol. The average molecular weight is 268 g/mol. The van der Waals surface area contributed by atoms with E-state index in [9.17, 15) is 4.79 Å². The molecule has 0 saturated heterocycles. The molecule has 0 unspecified atom stereocenters. The quantitative estimate of drug-likeness (QED) is 0.680. The van der Waals surface area contributed by atoms with Crippen LogP contribution >= 0.6 is 11.3 Å². The zero-order valence-corrected chi connectivity index (χ0v) is 11.0. The Hall–Kier alpha value is -2.20. The van der Waals surface area contributed by atoms with Gasteiger partial charge in [-0.25, -0.2) is 4.98 Å². The molecular formula is C15H12N2OS. The molecule has 0 N–H and O–H groups in total. The van der Waals surface area contributed by atoms with Gasteiger partial charge in [0, 0.05) is 24.5 Å². The summed E-state index contributed by atoms with van der Waals surface area (Å²) in [5.41, 5.74) is 2.04. The smallest absolute Gasteiger partial charge is 0.177 e. The van der Waals surface area contributed by atoms with E-state index in [0.29, 0.717) is 6.42 Å². The lowest BCUT2D eigenvalue weighted by molar-refractivity contribution is 0.0997. The molecule has 2 aromatic heterocycles. The highest BCUT2D eigenvalue weighted by Gasteiger charge is 2.08. The molecule has 0 aliphatic heterocycles. The van der Waals surface area contributed by atoms with E-state index in [0.717, 1.165) is 16.1 Å². The number of aromatic nitrogens is 2. The molecule has 0 fully saturated rings. The number of Topliss-reactive ketones (excluding diaryl/α,β-unsaturated/α-hetero) is 1. The van der Waals surface area contributed by atoms with Crippen molar-refractivity contribution in [1.29, 1.82) is 0 Å². The largest absolute Gasteiger partial charge is 0.306 e. The van der Waals surface area contributed by atoms with Gasteiger partial charge in [-0.2, -0.15) is 0 Å². The van der Waals surface area contributed by atoms with E-state index in [1.807, 2.05) is 52.5 Å². The van der Waals surface area contributed by atoms with E-state index >= 15 is 0 Å². The molecule has 0 radical (unpaired) electrons. The van der Waals surface area contributed by atoms with Gasteiger partial charge in [0.25, 0.3) is 0 Å². The Labute approximate surface area is 115 Å². The van der Waals surface area contributed by atoms with Crippen molar-refractivity contribution in [1.82, 2.24) is 9.55 Å². The fraction of sp³-hybridized carbons (Fsp3) is 0.0667. The Morgan fingerprint density at radius 2 is 2.21 bits per heavy atom. The first-order chi connectivity index (χ1) is 9.33. The molecule has 0 aliphatic carbocycles. The molecule has 3 aromatic rings. The van der Waals surface area contributed by atoms with Crippen LogP contribution in [0.1, 0.15) is 15.2 Å². The van der Waals surface area contributed by atoms with Gasteiger partial charge in [-0.3, -0.25) is 4.79 Å². The number of imidazole rings is 1. The third kappa shape index (κ3) is 2.63. The summed E-state index contributed by atoms with van der Waals surface area (Å²) in [4.78, 5) is 16.9. The summed E-state index contributed by atoms with van der Waals surface area (Å²) in [6.45, 7) is 0. The summed E-state index contributed by atoms with van der Waals surface area (Å²) in [5.74, 6) is 0.165. The fourth-order valence-corrected chi connectivity index (χ4v) is 2.61. The Balaban J connectivity index is 1.82. The van der Waals surface area contributed by atoms with Gasteiger partial charge in [0.15, 0.2) is 5.78 Å². The lowest BCUT2D eigenvalue weighted by Crippen LogP contribution is -2.02. The Morgan fingerprint density at radius 3 is 2.95 bits per heavy atom. The number of carbonyl (C=O) groups excluding carboxylic acids is 1. The lowest BCUT2D eigenvalue weighted by Gasteiger charge is -2.05. The number of thiophene rings is 1. The van der Waals surface area contributed by atoms with Crippen LogP contribution in [-0.2, 0) is 6.42 Å². The van der Waals surface area contributed by atoms with Crippen molar-refractivity contribution in [2.45, 2.75) is 6.42 Å². The SMILES string of the molecule is O=C(Cc1cccc(-n2ccnc2)c1)c1cccs1. The van der Waals surface area contributed by atoms with Crippen molar-refractivity contribution < 1.29 is 4.79 Å². The summed E-state index contributed by atoms with van der Waals surface area (Å²) < 4.78 is 1.93. The number of carbonyl (C=O) groups is 1. The highest BCUT2D eigenvalue weighted by atomic mass is 32.1.